The molecule has 2 heterocycles. The number of nitrogen functional groups attached to an aromatic ring is 1. The van der Waals surface area contributed by atoms with Crippen LogP contribution < -0.4 is 15.4 Å². The van der Waals surface area contributed by atoms with Crippen LogP contribution in [-0.2, 0) is 6.54 Å². The summed E-state index contributed by atoms with van der Waals surface area (Å²) < 4.78 is 10.6. The molecule has 0 saturated heterocycles. The SMILES string of the molecule is CC(C)Oc1ncnc(N(C)Cc2ccoc2)c1N. The summed E-state index contributed by atoms with van der Waals surface area (Å²) in [6.07, 6.45) is 4.80. The number of hydrogen-bond donors (Lipinski definition) is 1. The van der Waals surface area contributed by atoms with Crippen LogP contribution in [0.2, 0.25) is 0 Å². The maximum absolute atomic E-state index is 6.05. The van der Waals surface area contributed by atoms with Crippen LogP contribution in [0.25, 0.3) is 0 Å². The molecule has 2 aromatic rings. The van der Waals surface area contributed by atoms with Crippen molar-refractivity contribution in [3.8, 4) is 5.88 Å². The highest BCUT2D eigenvalue weighted by Crippen LogP contribution is 2.28. The molecule has 0 aliphatic heterocycles. The van der Waals surface area contributed by atoms with Gasteiger partial charge in [-0.05, 0) is 19.9 Å². The van der Waals surface area contributed by atoms with Gasteiger partial charge in [-0.1, -0.05) is 0 Å². The quantitative estimate of drug-likeness (QED) is 0.888. The molecule has 2 rings (SSSR count). The second-order valence-electron chi connectivity index (χ2n) is 4.57. The number of aromatic nitrogens is 2. The van der Waals surface area contributed by atoms with Crippen molar-refractivity contribution in [3.05, 3.63) is 30.5 Å². The number of rotatable bonds is 5. The van der Waals surface area contributed by atoms with Crippen molar-refractivity contribution in [2.24, 2.45) is 0 Å². The number of nitrogens with two attached hydrogens (primary N) is 1. The van der Waals surface area contributed by atoms with Crippen molar-refractivity contribution in [1.29, 1.82) is 0 Å². The topological polar surface area (TPSA) is 77.4 Å². The molecule has 0 aliphatic carbocycles. The monoisotopic (exact) mass is 262 g/mol. The summed E-state index contributed by atoms with van der Waals surface area (Å²) in [7, 11) is 1.91. The van der Waals surface area contributed by atoms with Crippen molar-refractivity contribution < 1.29 is 9.15 Å². The normalized spacial score (nSPS) is 10.7. The first-order valence-electron chi connectivity index (χ1n) is 6.07. The highest BCUT2D eigenvalue weighted by atomic mass is 16.5. The third-order valence-corrected chi connectivity index (χ3v) is 2.54. The maximum Gasteiger partial charge on any atom is 0.242 e. The fraction of sp³-hybridized carbons (Fsp3) is 0.385. The molecule has 0 amide bonds. The lowest BCUT2D eigenvalue weighted by molar-refractivity contribution is 0.234. The number of nitrogens with zero attached hydrogens (tertiary/aromatic N) is 3. The minimum atomic E-state index is 0.0178. The Morgan fingerprint density at radius 3 is 2.84 bits per heavy atom. The van der Waals surface area contributed by atoms with Crippen LogP contribution in [0.5, 0.6) is 5.88 Å². The van der Waals surface area contributed by atoms with Crippen molar-refractivity contribution in [3.63, 3.8) is 0 Å². The lowest BCUT2D eigenvalue weighted by Crippen LogP contribution is -2.20. The zero-order valence-corrected chi connectivity index (χ0v) is 11.3. The molecule has 19 heavy (non-hydrogen) atoms. The van der Waals surface area contributed by atoms with Gasteiger partial charge in [-0.15, -0.1) is 0 Å². The van der Waals surface area contributed by atoms with E-state index in [0.717, 1.165) is 5.56 Å². The third kappa shape index (κ3) is 3.15. The van der Waals surface area contributed by atoms with Crippen LogP contribution >= 0.6 is 0 Å². The zero-order chi connectivity index (χ0) is 13.8. The molecular weight excluding hydrogens is 244 g/mol. The van der Waals surface area contributed by atoms with Gasteiger partial charge in [0.2, 0.25) is 5.88 Å². The highest BCUT2D eigenvalue weighted by Gasteiger charge is 2.14. The van der Waals surface area contributed by atoms with E-state index in [4.69, 9.17) is 14.9 Å². The Balaban J connectivity index is 2.19. The second-order valence-corrected chi connectivity index (χ2v) is 4.57. The van der Waals surface area contributed by atoms with E-state index in [1.165, 1.54) is 6.33 Å². The Kier molecular flexibility index (Phi) is 3.89. The molecule has 0 aromatic carbocycles. The van der Waals surface area contributed by atoms with Crippen LogP contribution in [0, 0.1) is 0 Å². The second kappa shape index (κ2) is 5.60. The molecule has 0 fully saturated rings. The van der Waals surface area contributed by atoms with Crippen molar-refractivity contribution >= 4 is 11.5 Å². The van der Waals surface area contributed by atoms with Gasteiger partial charge in [0.15, 0.2) is 5.82 Å². The van der Waals surface area contributed by atoms with E-state index in [0.29, 0.717) is 23.9 Å². The van der Waals surface area contributed by atoms with Crippen molar-refractivity contribution in [2.45, 2.75) is 26.5 Å². The van der Waals surface area contributed by atoms with Crippen molar-refractivity contribution in [2.75, 3.05) is 17.7 Å². The summed E-state index contributed by atoms with van der Waals surface area (Å²) >= 11 is 0. The number of ether oxygens (including phenoxy) is 1. The predicted octanol–water partition coefficient (Wildman–Crippen LogP) is 2.08. The fourth-order valence-electron chi connectivity index (χ4n) is 1.72. The first-order valence-corrected chi connectivity index (χ1v) is 6.07. The van der Waals surface area contributed by atoms with E-state index >= 15 is 0 Å². The molecule has 2 N–H and O–H groups in total. The third-order valence-electron chi connectivity index (χ3n) is 2.54. The minimum Gasteiger partial charge on any atom is -0.473 e. The van der Waals surface area contributed by atoms with E-state index in [9.17, 15) is 0 Å². The van der Waals surface area contributed by atoms with E-state index in [1.54, 1.807) is 12.5 Å². The maximum atomic E-state index is 6.05. The smallest absolute Gasteiger partial charge is 0.242 e. The minimum absolute atomic E-state index is 0.0178. The Labute approximate surface area is 112 Å². The zero-order valence-electron chi connectivity index (χ0n) is 11.3. The Bertz CT molecular complexity index is 525. The average molecular weight is 262 g/mol. The fourth-order valence-corrected chi connectivity index (χ4v) is 1.72. The van der Waals surface area contributed by atoms with Crippen molar-refractivity contribution in [1.82, 2.24) is 9.97 Å². The average Bonchev–Trinajstić information content (AvgIpc) is 2.84. The van der Waals surface area contributed by atoms with Crippen LogP contribution in [0.3, 0.4) is 0 Å². The molecule has 0 bridgehead atoms. The molecule has 0 radical (unpaired) electrons. The highest BCUT2D eigenvalue weighted by molar-refractivity contribution is 5.67. The molecule has 0 aliphatic rings. The Morgan fingerprint density at radius 1 is 1.42 bits per heavy atom. The van der Waals surface area contributed by atoms with Gasteiger partial charge in [0.25, 0.3) is 0 Å². The van der Waals surface area contributed by atoms with Gasteiger partial charge in [0.05, 0.1) is 18.6 Å². The number of anilines is 2. The first kappa shape index (κ1) is 13.2. The van der Waals surface area contributed by atoms with Gasteiger partial charge in [0.1, 0.15) is 12.0 Å². The van der Waals surface area contributed by atoms with Crippen LogP contribution in [0.1, 0.15) is 19.4 Å². The van der Waals surface area contributed by atoms with Gasteiger partial charge in [-0.2, -0.15) is 4.98 Å². The van der Waals surface area contributed by atoms with Gasteiger partial charge < -0.3 is 19.8 Å². The molecular formula is C13H18N4O2. The summed E-state index contributed by atoms with van der Waals surface area (Å²) in [6.45, 7) is 4.51. The standard InChI is InChI=1S/C13H18N4O2/c1-9(2)19-13-11(14)12(15-8-16-13)17(3)6-10-4-5-18-7-10/h4-5,7-9H,6,14H2,1-3H3. The summed E-state index contributed by atoms with van der Waals surface area (Å²) in [5.41, 5.74) is 7.54. The van der Waals surface area contributed by atoms with Crippen LogP contribution in [0.15, 0.2) is 29.3 Å². The van der Waals surface area contributed by atoms with Gasteiger partial charge >= 0.3 is 0 Å². The van der Waals surface area contributed by atoms with E-state index < -0.39 is 0 Å². The van der Waals surface area contributed by atoms with Crippen LogP contribution in [0.4, 0.5) is 11.5 Å². The first-order chi connectivity index (χ1) is 9.08. The van der Waals surface area contributed by atoms with Gasteiger partial charge in [-0.25, -0.2) is 4.98 Å². The predicted molar refractivity (Wildman–Crippen MR) is 73.0 cm³/mol. The Hall–Kier alpha value is -2.24. The molecule has 0 unspecified atom stereocenters. The van der Waals surface area contributed by atoms with Gasteiger partial charge in [-0.3, -0.25) is 0 Å². The largest absolute Gasteiger partial charge is 0.473 e. The molecule has 6 nitrogen and oxygen atoms in total. The molecule has 102 valence electrons. The summed E-state index contributed by atoms with van der Waals surface area (Å²) in [4.78, 5) is 10.2. The van der Waals surface area contributed by atoms with E-state index in [-0.39, 0.29) is 6.10 Å². The lowest BCUT2D eigenvalue weighted by atomic mass is 10.3. The lowest BCUT2D eigenvalue weighted by Gasteiger charge is -2.20. The summed E-state index contributed by atoms with van der Waals surface area (Å²) in [5.74, 6) is 1.06. The molecule has 0 saturated carbocycles. The number of hydrogen-bond acceptors (Lipinski definition) is 6. The van der Waals surface area contributed by atoms with E-state index in [2.05, 4.69) is 9.97 Å². The molecule has 0 atom stereocenters. The van der Waals surface area contributed by atoms with Crippen LogP contribution in [-0.4, -0.2) is 23.1 Å². The molecule has 2 aromatic heterocycles. The summed E-state index contributed by atoms with van der Waals surface area (Å²) in [5, 5.41) is 0. The summed E-state index contributed by atoms with van der Waals surface area (Å²) in [6, 6.07) is 1.90. The Morgan fingerprint density at radius 2 is 2.21 bits per heavy atom. The molecule has 6 heteroatoms. The number of furan rings is 1. The van der Waals surface area contributed by atoms with E-state index in [1.807, 2.05) is 31.9 Å². The molecule has 0 spiro atoms. The van der Waals surface area contributed by atoms with Gasteiger partial charge in [0, 0.05) is 19.2 Å².